The van der Waals surface area contributed by atoms with Crippen LogP contribution in [0.1, 0.15) is 58.8 Å². The predicted octanol–water partition coefficient (Wildman–Crippen LogP) is 2.57. The minimum Gasteiger partial charge on any atom is -0.481 e. The van der Waals surface area contributed by atoms with Crippen molar-refractivity contribution in [1.29, 1.82) is 0 Å². The zero-order chi connectivity index (χ0) is 14.5. The highest BCUT2D eigenvalue weighted by molar-refractivity contribution is 5.73. The van der Waals surface area contributed by atoms with E-state index in [-0.39, 0.29) is 22.8 Å². The second-order valence-electron chi connectivity index (χ2n) is 7.82. The van der Waals surface area contributed by atoms with Gasteiger partial charge in [-0.05, 0) is 68.1 Å². The number of carbonyl (C=O) groups is 2. The Labute approximate surface area is 120 Å². The molecule has 0 radical (unpaired) electrons. The molecule has 3 atom stereocenters. The topological polar surface area (TPSA) is 66.4 Å². The Morgan fingerprint density at radius 2 is 1.85 bits per heavy atom. The van der Waals surface area contributed by atoms with Gasteiger partial charge in [0.1, 0.15) is 0 Å². The van der Waals surface area contributed by atoms with Crippen LogP contribution >= 0.6 is 0 Å². The number of hydrogen-bond acceptors (Lipinski definition) is 2. The van der Waals surface area contributed by atoms with Gasteiger partial charge in [-0.2, -0.15) is 0 Å². The Hall–Kier alpha value is -1.06. The quantitative estimate of drug-likeness (QED) is 0.831. The van der Waals surface area contributed by atoms with Crippen LogP contribution < -0.4 is 5.32 Å². The molecule has 0 aromatic carbocycles. The summed E-state index contributed by atoms with van der Waals surface area (Å²) in [5, 5.41) is 12.4. The van der Waals surface area contributed by atoms with Gasteiger partial charge < -0.3 is 10.4 Å². The van der Waals surface area contributed by atoms with E-state index in [0.29, 0.717) is 18.3 Å². The first-order chi connectivity index (χ1) is 9.32. The molecule has 0 spiro atoms. The van der Waals surface area contributed by atoms with Gasteiger partial charge in [-0.3, -0.25) is 9.59 Å². The third-order valence-corrected chi connectivity index (χ3v) is 6.09. The van der Waals surface area contributed by atoms with Crippen molar-refractivity contribution >= 4 is 11.9 Å². The zero-order valence-corrected chi connectivity index (χ0v) is 12.4. The molecular formula is C16H25NO3. The highest BCUT2D eigenvalue weighted by Gasteiger charge is 2.59. The lowest BCUT2D eigenvalue weighted by atomic mass is 9.42. The van der Waals surface area contributed by atoms with Crippen molar-refractivity contribution in [2.45, 2.75) is 64.8 Å². The molecule has 4 aliphatic rings. The summed E-state index contributed by atoms with van der Waals surface area (Å²) in [5.74, 6) is 0.716. The summed E-state index contributed by atoms with van der Waals surface area (Å²) in [6, 6.07) is 0.166. The van der Waals surface area contributed by atoms with Crippen LogP contribution in [0, 0.1) is 22.7 Å². The van der Waals surface area contributed by atoms with E-state index in [1.54, 1.807) is 6.92 Å². The molecule has 4 heteroatoms. The maximum absolute atomic E-state index is 11.4. The van der Waals surface area contributed by atoms with Crippen LogP contribution in [-0.4, -0.2) is 23.0 Å². The maximum atomic E-state index is 11.4. The largest absolute Gasteiger partial charge is 0.481 e. The van der Waals surface area contributed by atoms with E-state index in [9.17, 15) is 14.7 Å². The standard InChI is InChI=1S/C16H25NO3/c1-10(17-11(2)18)16-6-12-3-13(7-16)5-15(4-12,9-16)8-14(19)20/h10,12-13H,3-9H2,1-2H3,(H,17,18)(H,19,20)/t10-,12-,13-,15?,16?/m1/s1. The molecule has 112 valence electrons. The summed E-state index contributed by atoms with van der Waals surface area (Å²) >= 11 is 0. The van der Waals surface area contributed by atoms with E-state index >= 15 is 0 Å². The molecule has 20 heavy (non-hydrogen) atoms. The number of nitrogens with one attached hydrogen (secondary N) is 1. The summed E-state index contributed by atoms with van der Waals surface area (Å²) < 4.78 is 0. The molecule has 1 amide bonds. The van der Waals surface area contributed by atoms with E-state index in [2.05, 4.69) is 12.2 Å². The SMILES string of the molecule is CC(=O)N[C@H](C)C12C[C@@H]3C[C@H](CC(CC(=O)O)(C3)C1)C2. The highest BCUT2D eigenvalue weighted by Crippen LogP contribution is 2.67. The van der Waals surface area contributed by atoms with Gasteiger partial charge in [-0.25, -0.2) is 0 Å². The first-order valence-electron chi connectivity index (χ1n) is 7.81. The number of rotatable bonds is 4. The van der Waals surface area contributed by atoms with Gasteiger partial charge in [-0.15, -0.1) is 0 Å². The lowest BCUT2D eigenvalue weighted by Crippen LogP contribution is -2.59. The Morgan fingerprint density at radius 1 is 1.25 bits per heavy atom. The summed E-state index contributed by atoms with van der Waals surface area (Å²) in [5.41, 5.74) is 0.147. The molecule has 0 aromatic rings. The molecular weight excluding hydrogens is 254 g/mol. The molecule has 2 N–H and O–H groups in total. The summed E-state index contributed by atoms with van der Waals surface area (Å²) in [4.78, 5) is 22.7. The third kappa shape index (κ3) is 2.23. The molecule has 0 aliphatic heterocycles. The fraction of sp³-hybridized carbons (Fsp3) is 0.875. The Kier molecular flexibility index (Phi) is 3.11. The number of carboxylic acid groups (broad SMARTS) is 1. The van der Waals surface area contributed by atoms with Crippen LogP contribution in [0.3, 0.4) is 0 Å². The molecule has 4 fully saturated rings. The van der Waals surface area contributed by atoms with Crippen LogP contribution in [0.5, 0.6) is 0 Å². The summed E-state index contributed by atoms with van der Waals surface area (Å²) in [7, 11) is 0. The van der Waals surface area contributed by atoms with E-state index in [0.717, 1.165) is 19.3 Å². The first kappa shape index (κ1) is 13.9. The van der Waals surface area contributed by atoms with Crippen molar-refractivity contribution in [3.8, 4) is 0 Å². The lowest BCUT2D eigenvalue weighted by Gasteiger charge is -2.63. The first-order valence-corrected chi connectivity index (χ1v) is 7.81. The Morgan fingerprint density at radius 3 is 2.35 bits per heavy atom. The minimum absolute atomic E-state index is 0.00262. The van der Waals surface area contributed by atoms with Gasteiger partial charge in [0.05, 0.1) is 6.42 Å². The van der Waals surface area contributed by atoms with Crippen molar-refractivity contribution in [2.75, 3.05) is 0 Å². The highest BCUT2D eigenvalue weighted by atomic mass is 16.4. The third-order valence-electron chi connectivity index (χ3n) is 6.09. The van der Waals surface area contributed by atoms with Crippen molar-refractivity contribution in [3.05, 3.63) is 0 Å². The average molecular weight is 279 g/mol. The van der Waals surface area contributed by atoms with Gasteiger partial charge in [-0.1, -0.05) is 0 Å². The van der Waals surface area contributed by atoms with Crippen molar-refractivity contribution in [2.24, 2.45) is 22.7 Å². The monoisotopic (exact) mass is 279 g/mol. The number of hydrogen-bond donors (Lipinski definition) is 2. The molecule has 4 bridgehead atoms. The normalized spacial score (nSPS) is 43.3. The Bertz CT molecular complexity index is 431. The van der Waals surface area contributed by atoms with Crippen LogP contribution in [0.4, 0.5) is 0 Å². The molecule has 4 rings (SSSR count). The molecule has 0 saturated heterocycles. The summed E-state index contributed by atoms with van der Waals surface area (Å²) in [6.45, 7) is 3.69. The fourth-order valence-electron chi connectivity index (χ4n) is 6.02. The van der Waals surface area contributed by atoms with E-state index in [1.165, 1.54) is 19.3 Å². The van der Waals surface area contributed by atoms with Gasteiger partial charge in [0, 0.05) is 13.0 Å². The van der Waals surface area contributed by atoms with Crippen LogP contribution in [0.25, 0.3) is 0 Å². The molecule has 4 saturated carbocycles. The number of aliphatic carboxylic acids is 1. The van der Waals surface area contributed by atoms with E-state index in [4.69, 9.17) is 0 Å². The van der Waals surface area contributed by atoms with Crippen molar-refractivity contribution in [1.82, 2.24) is 5.32 Å². The molecule has 0 heterocycles. The summed E-state index contributed by atoms with van der Waals surface area (Å²) in [6.07, 6.45) is 7.10. The minimum atomic E-state index is -0.658. The molecule has 0 unspecified atom stereocenters. The molecule has 0 aromatic heterocycles. The average Bonchev–Trinajstić information content (AvgIpc) is 2.23. The Balaban J connectivity index is 1.86. The van der Waals surface area contributed by atoms with Gasteiger partial charge in [0.15, 0.2) is 0 Å². The number of amides is 1. The smallest absolute Gasteiger partial charge is 0.303 e. The van der Waals surface area contributed by atoms with E-state index < -0.39 is 5.97 Å². The molecule has 4 nitrogen and oxygen atoms in total. The van der Waals surface area contributed by atoms with Crippen LogP contribution in [-0.2, 0) is 9.59 Å². The fourth-order valence-corrected chi connectivity index (χ4v) is 6.02. The number of carboxylic acids is 1. The van der Waals surface area contributed by atoms with Gasteiger partial charge in [0.25, 0.3) is 0 Å². The van der Waals surface area contributed by atoms with E-state index in [1.807, 2.05) is 0 Å². The lowest BCUT2D eigenvalue weighted by molar-refractivity contribution is -0.157. The second kappa shape index (κ2) is 4.47. The van der Waals surface area contributed by atoms with Crippen molar-refractivity contribution in [3.63, 3.8) is 0 Å². The maximum Gasteiger partial charge on any atom is 0.303 e. The number of carbonyl (C=O) groups excluding carboxylic acids is 1. The van der Waals surface area contributed by atoms with Crippen molar-refractivity contribution < 1.29 is 14.7 Å². The van der Waals surface area contributed by atoms with Crippen LogP contribution in [0.15, 0.2) is 0 Å². The second-order valence-corrected chi connectivity index (χ2v) is 7.82. The van der Waals surface area contributed by atoms with Gasteiger partial charge in [0.2, 0.25) is 5.91 Å². The zero-order valence-electron chi connectivity index (χ0n) is 12.4. The predicted molar refractivity (Wildman–Crippen MR) is 75.1 cm³/mol. The van der Waals surface area contributed by atoms with Gasteiger partial charge >= 0.3 is 5.97 Å². The van der Waals surface area contributed by atoms with Crippen LogP contribution in [0.2, 0.25) is 0 Å². The molecule has 4 aliphatic carbocycles.